The van der Waals surface area contributed by atoms with Gasteiger partial charge in [-0.25, -0.2) is 0 Å². The molecule has 0 spiro atoms. The summed E-state index contributed by atoms with van der Waals surface area (Å²) in [6, 6.07) is 12.2. The average molecular weight is 406 g/mol. The van der Waals surface area contributed by atoms with E-state index in [2.05, 4.69) is 15.5 Å². The van der Waals surface area contributed by atoms with Gasteiger partial charge in [0.25, 0.3) is 0 Å². The number of halogens is 3. The number of aryl methyl sites for hydroxylation is 1. The number of nitrogens with zero attached hydrogens (tertiary/aromatic N) is 3. The first kappa shape index (κ1) is 19.9. The molecule has 0 radical (unpaired) electrons. The van der Waals surface area contributed by atoms with Gasteiger partial charge in [0.05, 0.1) is 16.5 Å². The molecule has 3 aromatic rings. The molecule has 2 aromatic carbocycles. The Bertz CT molecular complexity index is 987. The molecule has 0 bridgehead atoms. The van der Waals surface area contributed by atoms with Gasteiger partial charge in [-0.2, -0.15) is 13.2 Å². The number of rotatable bonds is 5. The Morgan fingerprint density at radius 1 is 1.18 bits per heavy atom. The molecule has 1 heterocycles. The highest BCUT2D eigenvalue weighted by molar-refractivity contribution is 8.00. The molecule has 146 valence electrons. The summed E-state index contributed by atoms with van der Waals surface area (Å²) in [6.07, 6.45) is -2.91. The lowest BCUT2D eigenvalue weighted by molar-refractivity contribution is -0.137. The van der Waals surface area contributed by atoms with E-state index in [1.54, 1.807) is 17.8 Å². The monoisotopic (exact) mass is 406 g/mol. The number of hydrogen-bond donors (Lipinski definition) is 1. The molecule has 1 aromatic heterocycles. The van der Waals surface area contributed by atoms with Crippen LogP contribution in [0.15, 0.2) is 60.0 Å². The molecule has 0 saturated heterocycles. The smallest absolute Gasteiger partial charge is 0.325 e. The predicted molar refractivity (Wildman–Crippen MR) is 101 cm³/mol. The maximum absolute atomic E-state index is 12.8. The van der Waals surface area contributed by atoms with E-state index in [1.165, 1.54) is 23.9 Å². The van der Waals surface area contributed by atoms with Crippen molar-refractivity contribution in [2.75, 3.05) is 5.32 Å². The van der Waals surface area contributed by atoms with E-state index in [4.69, 9.17) is 0 Å². The summed E-state index contributed by atoms with van der Waals surface area (Å²) in [7, 11) is 0. The average Bonchev–Trinajstić information content (AvgIpc) is 3.09. The van der Waals surface area contributed by atoms with Crippen molar-refractivity contribution in [3.63, 3.8) is 0 Å². The first-order valence-corrected chi connectivity index (χ1v) is 9.24. The molecule has 1 amide bonds. The van der Waals surface area contributed by atoms with E-state index in [0.29, 0.717) is 5.16 Å². The molecule has 1 atom stereocenters. The number of alkyl halides is 3. The fourth-order valence-corrected chi connectivity index (χ4v) is 3.37. The molecule has 0 aliphatic heterocycles. The third-order valence-corrected chi connectivity index (χ3v) is 5.06. The summed E-state index contributed by atoms with van der Waals surface area (Å²) in [5.74, 6) is -0.427. The van der Waals surface area contributed by atoms with E-state index in [1.807, 2.05) is 31.2 Å². The molecular weight excluding hydrogens is 389 g/mol. The number of thioether (sulfide) groups is 1. The fourth-order valence-electron chi connectivity index (χ4n) is 2.53. The van der Waals surface area contributed by atoms with Gasteiger partial charge in [0, 0.05) is 5.69 Å². The van der Waals surface area contributed by atoms with Crippen LogP contribution >= 0.6 is 11.8 Å². The van der Waals surface area contributed by atoms with Crippen molar-refractivity contribution in [3.05, 3.63) is 66.0 Å². The van der Waals surface area contributed by atoms with E-state index in [-0.39, 0.29) is 5.69 Å². The van der Waals surface area contributed by atoms with E-state index in [9.17, 15) is 18.0 Å². The van der Waals surface area contributed by atoms with Gasteiger partial charge >= 0.3 is 6.18 Å². The number of benzene rings is 2. The van der Waals surface area contributed by atoms with Gasteiger partial charge in [-0.3, -0.25) is 9.36 Å². The zero-order valence-electron chi connectivity index (χ0n) is 15.1. The van der Waals surface area contributed by atoms with Crippen molar-refractivity contribution in [1.29, 1.82) is 0 Å². The van der Waals surface area contributed by atoms with Crippen molar-refractivity contribution >= 4 is 23.4 Å². The molecule has 5 nitrogen and oxygen atoms in total. The zero-order chi connectivity index (χ0) is 20.3. The van der Waals surface area contributed by atoms with Crippen molar-refractivity contribution in [2.24, 2.45) is 0 Å². The number of hydrogen-bond acceptors (Lipinski definition) is 4. The Kier molecular flexibility index (Phi) is 5.73. The van der Waals surface area contributed by atoms with Crippen molar-refractivity contribution < 1.29 is 18.0 Å². The lowest BCUT2D eigenvalue weighted by Gasteiger charge is -2.14. The van der Waals surface area contributed by atoms with Crippen LogP contribution in [0.2, 0.25) is 0 Å². The molecule has 0 fully saturated rings. The van der Waals surface area contributed by atoms with E-state index >= 15 is 0 Å². The van der Waals surface area contributed by atoms with E-state index in [0.717, 1.165) is 23.4 Å². The van der Waals surface area contributed by atoms with Crippen LogP contribution in [-0.4, -0.2) is 25.9 Å². The van der Waals surface area contributed by atoms with Crippen LogP contribution in [-0.2, 0) is 11.0 Å². The highest BCUT2D eigenvalue weighted by Gasteiger charge is 2.30. The van der Waals surface area contributed by atoms with Gasteiger partial charge < -0.3 is 5.32 Å². The predicted octanol–water partition coefficient (Wildman–Crippen LogP) is 4.71. The number of para-hydroxylation sites is 1. The number of anilines is 1. The second kappa shape index (κ2) is 8.05. The van der Waals surface area contributed by atoms with Crippen molar-refractivity contribution in [3.8, 4) is 5.69 Å². The normalized spacial score (nSPS) is 12.6. The Balaban J connectivity index is 1.73. The van der Waals surface area contributed by atoms with Gasteiger partial charge in [-0.05, 0) is 43.7 Å². The maximum Gasteiger partial charge on any atom is 0.416 e. The third-order valence-electron chi connectivity index (χ3n) is 4.00. The summed E-state index contributed by atoms with van der Waals surface area (Å²) in [5.41, 5.74) is 1.18. The summed E-state index contributed by atoms with van der Waals surface area (Å²) < 4.78 is 40.2. The molecule has 28 heavy (non-hydrogen) atoms. The quantitative estimate of drug-likeness (QED) is 0.623. The highest BCUT2D eigenvalue weighted by atomic mass is 32.2. The minimum Gasteiger partial charge on any atom is -0.325 e. The van der Waals surface area contributed by atoms with Gasteiger partial charge in [0.15, 0.2) is 5.16 Å². The van der Waals surface area contributed by atoms with Crippen molar-refractivity contribution in [2.45, 2.75) is 30.4 Å². The Morgan fingerprint density at radius 2 is 1.93 bits per heavy atom. The summed E-state index contributed by atoms with van der Waals surface area (Å²) in [6.45, 7) is 3.61. The summed E-state index contributed by atoms with van der Waals surface area (Å²) >= 11 is 1.17. The van der Waals surface area contributed by atoms with Crippen LogP contribution in [0.5, 0.6) is 0 Å². The zero-order valence-corrected chi connectivity index (χ0v) is 15.9. The molecule has 0 aliphatic rings. The highest BCUT2D eigenvalue weighted by Crippen LogP contribution is 2.31. The maximum atomic E-state index is 12.8. The molecule has 1 unspecified atom stereocenters. The van der Waals surface area contributed by atoms with Gasteiger partial charge in [0.2, 0.25) is 5.91 Å². The van der Waals surface area contributed by atoms with Gasteiger partial charge in [0.1, 0.15) is 6.33 Å². The Morgan fingerprint density at radius 3 is 2.64 bits per heavy atom. The minimum atomic E-state index is -4.47. The van der Waals surface area contributed by atoms with Crippen LogP contribution in [0, 0.1) is 6.92 Å². The van der Waals surface area contributed by atoms with Crippen LogP contribution in [0.25, 0.3) is 5.69 Å². The topological polar surface area (TPSA) is 59.8 Å². The van der Waals surface area contributed by atoms with Crippen LogP contribution < -0.4 is 5.32 Å². The number of amides is 1. The summed E-state index contributed by atoms with van der Waals surface area (Å²) in [5, 5.41) is 10.4. The molecular formula is C19H17F3N4OS. The largest absolute Gasteiger partial charge is 0.416 e. The molecule has 0 aliphatic carbocycles. The third kappa shape index (κ3) is 4.53. The number of carbonyl (C=O) groups excluding carboxylic acids is 1. The van der Waals surface area contributed by atoms with Gasteiger partial charge in [-0.15, -0.1) is 10.2 Å². The van der Waals surface area contributed by atoms with Crippen LogP contribution in [0.4, 0.5) is 18.9 Å². The summed E-state index contributed by atoms with van der Waals surface area (Å²) in [4.78, 5) is 12.4. The number of aromatic nitrogens is 3. The lowest BCUT2D eigenvalue weighted by Crippen LogP contribution is -2.23. The molecule has 0 saturated carbocycles. The number of carbonyl (C=O) groups is 1. The molecule has 9 heteroatoms. The van der Waals surface area contributed by atoms with Crippen LogP contribution in [0.1, 0.15) is 18.1 Å². The number of nitrogens with one attached hydrogen (secondary N) is 1. The first-order valence-electron chi connectivity index (χ1n) is 8.36. The van der Waals surface area contributed by atoms with Gasteiger partial charge in [-0.1, -0.05) is 36.0 Å². The first-order chi connectivity index (χ1) is 13.3. The second-order valence-electron chi connectivity index (χ2n) is 6.10. The molecule has 1 N–H and O–H groups in total. The standard InChI is InChI=1S/C19H17F3N4OS/c1-12-6-3-4-9-16(12)26-11-23-25-18(26)28-13(2)17(27)24-15-8-5-7-14(10-15)19(20,21)22/h3-11,13H,1-2H3,(H,24,27). The Hall–Kier alpha value is -2.81. The SMILES string of the molecule is Cc1ccccc1-n1cnnc1SC(C)C(=O)Nc1cccc(C(F)(F)F)c1. The minimum absolute atomic E-state index is 0.0904. The van der Waals surface area contributed by atoms with Crippen LogP contribution in [0.3, 0.4) is 0 Å². The second-order valence-corrected chi connectivity index (χ2v) is 7.41. The van der Waals surface area contributed by atoms with Crippen molar-refractivity contribution in [1.82, 2.24) is 14.8 Å². The lowest BCUT2D eigenvalue weighted by atomic mass is 10.2. The van der Waals surface area contributed by atoms with E-state index < -0.39 is 22.9 Å². The Labute approximate surface area is 164 Å². The molecule has 3 rings (SSSR count). The fraction of sp³-hybridized carbons (Fsp3) is 0.211.